The van der Waals surface area contributed by atoms with Crippen LogP contribution >= 0.6 is 0 Å². The van der Waals surface area contributed by atoms with E-state index in [2.05, 4.69) is 19.1 Å². The fourth-order valence-corrected chi connectivity index (χ4v) is 2.40. The molecule has 0 amide bonds. The van der Waals surface area contributed by atoms with Crippen LogP contribution in [-0.4, -0.2) is 45.7 Å². The van der Waals surface area contributed by atoms with Gasteiger partial charge >= 0.3 is 5.97 Å². The van der Waals surface area contributed by atoms with Crippen molar-refractivity contribution in [1.29, 1.82) is 0 Å². The lowest BCUT2D eigenvalue weighted by Gasteiger charge is -1.99. The summed E-state index contributed by atoms with van der Waals surface area (Å²) >= 11 is 0. The Hall–Kier alpha value is -0.910. The van der Waals surface area contributed by atoms with Crippen LogP contribution in [0.1, 0.15) is 96.8 Å². The van der Waals surface area contributed by atoms with Gasteiger partial charge in [0.2, 0.25) is 0 Å². The summed E-state index contributed by atoms with van der Waals surface area (Å²) in [7, 11) is 0. The van der Waals surface area contributed by atoms with Crippen molar-refractivity contribution in [2.75, 3.05) is 13.2 Å². The topological polar surface area (TPSA) is 98.0 Å². The Bertz CT molecular complexity index is 301. The summed E-state index contributed by atoms with van der Waals surface area (Å²) in [6.45, 7) is 1.53. The van der Waals surface area contributed by atoms with Crippen LogP contribution in [0.5, 0.6) is 0 Å². The summed E-state index contributed by atoms with van der Waals surface area (Å²) in [5.74, 6) is -0.664. The third kappa shape index (κ3) is 27.9. The van der Waals surface area contributed by atoms with E-state index in [1.807, 2.05) is 0 Å². The summed E-state index contributed by atoms with van der Waals surface area (Å²) < 4.78 is 0. The van der Waals surface area contributed by atoms with Gasteiger partial charge in [0, 0.05) is 6.42 Å². The number of aliphatic hydroxyl groups excluding tert-OH is 3. The van der Waals surface area contributed by atoms with Crippen LogP contribution < -0.4 is 0 Å². The first-order valence-electron chi connectivity index (χ1n) is 10.3. The van der Waals surface area contributed by atoms with E-state index in [-0.39, 0.29) is 13.2 Å². The first kappa shape index (κ1) is 27.3. The molecular weight excluding hydrogens is 332 g/mol. The van der Waals surface area contributed by atoms with Gasteiger partial charge in [0.25, 0.3) is 0 Å². The number of rotatable bonds is 17. The van der Waals surface area contributed by atoms with Crippen molar-refractivity contribution >= 4 is 5.97 Å². The molecule has 0 aliphatic heterocycles. The highest BCUT2D eigenvalue weighted by Gasteiger charge is 1.96. The number of carbonyl (C=O) groups is 1. The van der Waals surface area contributed by atoms with E-state index in [0.29, 0.717) is 6.42 Å². The number of carboxylic acid groups (broad SMARTS) is 1. The van der Waals surface area contributed by atoms with E-state index in [9.17, 15) is 4.79 Å². The predicted molar refractivity (Wildman–Crippen MR) is 107 cm³/mol. The summed E-state index contributed by atoms with van der Waals surface area (Å²) in [6.07, 6.45) is 20.3. The molecule has 0 saturated heterocycles. The van der Waals surface area contributed by atoms with Crippen molar-refractivity contribution < 1.29 is 25.2 Å². The zero-order valence-electron chi connectivity index (χ0n) is 16.7. The average molecular weight is 375 g/mol. The quantitative estimate of drug-likeness (QED) is 0.223. The Labute approximate surface area is 160 Å². The summed E-state index contributed by atoms with van der Waals surface area (Å²) in [5.41, 5.74) is 0. The third-order valence-corrected chi connectivity index (χ3v) is 4.07. The van der Waals surface area contributed by atoms with Gasteiger partial charge in [0.1, 0.15) is 6.10 Å². The largest absolute Gasteiger partial charge is 0.481 e. The number of unbranched alkanes of at least 4 members (excludes halogenated alkanes) is 11. The van der Waals surface area contributed by atoms with E-state index in [1.54, 1.807) is 0 Å². The summed E-state index contributed by atoms with van der Waals surface area (Å²) in [6, 6.07) is 0. The maximum atomic E-state index is 10.3. The van der Waals surface area contributed by atoms with Gasteiger partial charge in [0.05, 0.1) is 13.2 Å². The molecule has 4 N–H and O–H groups in total. The van der Waals surface area contributed by atoms with Crippen LogP contribution in [0.25, 0.3) is 0 Å². The second-order valence-electron chi connectivity index (χ2n) is 6.75. The highest BCUT2D eigenvalue weighted by molar-refractivity contribution is 5.66. The van der Waals surface area contributed by atoms with Gasteiger partial charge < -0.3 is 20.4 Å². The van der Waals surface area contributed by atoms with E-state index >= 15 is 0 Å². The SMILES string of the molecule is CCCCCCCCC=CCCCCCCCC(=O)O.OCC(O)CO. The molecule has 0 bridgehead atoms. The molecule has 0 unspecified atom stereocenters. The molecule has 0 aromatic heterocycles. The van der Waals surface area contributed by atoms with Crippen LogP contribution in [-0.2, 0) is 4.79 Å². The number of hydrogen-bond donors (Lipinski definition) is 4. The van der Waals surface area contributed by atoms with Gasteiger partial charge in [0.15, 0.2) is 0 Å². The number of aliphatic carboxylic acids is 1. The molecule has 0 aliphatic carbocycles. The number of allylic oxidation sites excluding steroid dienone is 2. The Kier molecular flexibility index (Phi) is 25.3. The third-order valence-electron chi connectivity index (χ3n) is 4.07. The highest BCUT2D eigenvalue weighted by Crippen LogP contribution is 2.09. The minimum Gasteiger partial charge on any atom is -0.481 e. The molecule has 0 atom stereocenters. The lowest BCUT2D eigenvalue weighted by Crippen LogP contribution is -2.15. The zero-order chi connectivity index (χ0) is 19.9. The Morgan fingerprint density at radius 3 is 1.58 bits per heavy atom. The highest BCUT2D eigenvalue weighted by atomic mass is 16.4. The van der Waals surface area contributed by atoms with Gasteiger partial charge in [-0.3, -0.25) is 4.79 Å². The Morgan fingerprint density at radius 2 is 1.19 bits per heavy atom. The molecular formula is C21H42O5. The maximum Gasteiger partial charge on any atom is 0.303 e. The number of aliphatic hydroxyl groups is 3. The van der Waals surface area contributed by atoms with Gasteiger partial charge in [-0.05, 0) is 32.1 Å². The van der Waals surface area contributed by atoms with Crippen molar-refractivity contribution in [3.8, 4) is 0 Å². The van der Waals surface area contributed by atoms with Crippen LogP contribution in [0.4, 0.5) is 0 Å². The van der Waals surface area contributed by atoms with Crippen LogP contribution in [0.15, 0.2) is 12.2 Å². The van der Waals surface area contributed by atoms with Gasteiger partial charge in [-0.25, -0.2) is 0 Å². The summed E-state index contributed by atoms with van der Waals surface area (Å²) in [4.78, 5) is 10.3. The van der Waals surface area contributed by atoms with Crippen molar-refractivity contribution in [1.82, 2.24) is 0 Å². The molecule has 0 aromatic rings. The normalized spacial score (nSPS) is 11.0. The fourth-order valence-electron chi connectivity index (χ4n) is 2.40. The van der Waals surface area contributed by atoms with Crippen LogP contribution in [0, 0.1) is 0 Å². The van der Waals surface area contributed by atoms with Crippen molar-refractivity contribution in [3.05, 3.63) is 12.2 Å². The van der Waals surface area contributed by atoms with Crippen molar-refractivity contribution in [2.45, 2.75) is 103 Å². The second-order valence-corrected chi connectivity index (χ2v) is 6.75. The lowest BCUT2D eigenvalue weighted by molar-refractivity contribution is -0.137. The zero-order valence-corrected chi connectivity index (χ0v) is 16.7. The smallest absolute Gasteiger partial charge is 0.303 e. The Balaban J connectivity index is 0. The van der Waals surface area contributed by atoms with Gasteiger partial charge in [-0.2, -0.15) is 0 Å². The van der Waals surface area contributed by atoms with Crippen LogP contribution in [0.3, 0.4) is 0 Å². The van der Waals surface area contributed by atoms with E-state index in [4.69, 9.17) is 20.4 Å². The van der Waals surface area contributed by atoms with E-state index in [0.717, 1.165) is 12.8 Å². The predicted octanol–water partition coefficient (Wildman–Crippen LogP) is 4.44. The van der Waals surface area contributed by atoms with Crippen molar-refractivity contribution in [3.63, 3.8) is 0 Å². The lowest BCUT2D eigenvalue weighted by atomic mass is 10.1. The molecule has 0 fully saturated rings. The Morgan fingerprint density at radius 1 is 0.769 bits per heavy atom. The molecule has 0 aromatic carbocycles. The van der Waals surface area contributed by atoms with Crippen LogP contribution in [0.2, 0.25) is 0 Å². The molecule has 0 aliphatic rings. The average Bonchev–Trinajstić information content (AvgIpc) is 2.64. The maximum absolute atomic E-state index is 10.3. The molecule has 0 radical (unpaired) electrons. The molecule has 0 spiro atoms. The standard InChI is InChI=1S/C18H34O2.C3H8O3/c1-2-3-4-5-6-7-8-9-10-11-12-13-14-15-16-17-18(19)20;4-1-3(6)2-5/h9-10H,2-8,11-17H2,1H3,(H,19,20);3-6H,1-2H2. The first-order chi connectivity index (χ1) is 12.6. The molecule has 26 heavy (non-hydrogen) atoms. The molecule has 5 heteroatoms. The molecule has 156 valence electrons. The fraction of sp³-hybridized carbons (Fsp3) is 0.857. The molecule has 5 nitrogen and oxygen atoms in total. The number of carboxylic acids is 1. The van der Waals surface area contributed by atoms with E-state index in [1.165, 1.54) is 70.6 Å². The summed E-state index contributed by atoms with van der Waals surface area (Å²) in [5, 5.41) is 32.5. The second kappa shape index (κ2) is 24.1. The van der Waals surface area contributed by atoms with E-state index < -0.39 is 12.1 Å². The molecule has 0 heterocycles. The van der Waals surface area contributed by atoms with Gasteiger partial charge in [-0.1, -0.05) is 70.4 Å². The van der Waals surface area contributed by atoms with Gasteiger partial charge in [-0.15, -0.1) is 0 Å². The minimum absolute atomic E-state index is 0.332. The molecule has 0 saturated carbocycles. The minimum atomic E-state index is -0.954. The number of hydrogen-bond acceptors (Lipinski definition) is 4. The van der Waals surface area contributed by atoms with Crippen molar-refractivity contribution in [2.24, 2.45) is 0 Å². The molecule has 0 rings (SSSR count). The first-order valence-corrected chi connectivity index (χ1v) is 10.3. The monoisotopic (exact) mass is 374 g/mol.